The second kappa shape index (κ2) is 8.60. The van der Waals surface area contributed by atoms with Crippen LogP contribution in [-0.4, -0.2) is 41.0 Å². The van der Waals surface area contributed by atoms with E-state index in [4.69, 9.17) is 11.6 Å². The van der Waals surface area contributed by atoms with Gasteiger partial charge in [-0.2, -0.15) is 0 Å². The Balaban J connectivity index is 2.32. The Bertz CT molecular complexity index is 412. The lowest BCUT2D eigenvalue weighted by atomic mass is 10.2. The number of thiazole rings is 1. The number of nitrogens with zero attached hydrogens (tertiary/aromatic N) is 2. The van der Waals surface area contributed by atoms with Gasteiger partial charge in [0.05, 0.1) is 18.0 Å². The summed E-state index contributed by atoms with van der Waals surface area (Å²) in [6.07, 6.45) is 0.338. The number of hydrogen-bond acceptors (Lipinski definition) is 4. The normalized spacial score (nSPS) is 11.6. The van der Waals surface area contributed by atoms with Gasteiger partial charge in [-0.25, -0.2) is 4.98 Å². The number of nitrogens with one attached hydrogen (secondary N) is 1. The molecule has 1 aromatic heterocycles. The fourth-order valence-electron chi connectivity index (χ4n) is 2.13. The Morgan fingerprint density at radius 2 is 2.05 bits per heavy atom. The van der Waals surface area contributed by atoms with Crippen LogP contribution < -0.4 is 5.32 Å². The summed E-state index contributed by atoms with van der Waals surface area (Å²) in [6.45, 7) is 10.2. The van der Waals surface area contributed by atoms with Crippen LogP contribution in [-0.2, 0) is 17.1 Å². The lowest BCUT2D eigenvalue weighted by Crippen LogP contribution is -2.42. The number of carbonyl (C=O) groups is 1. The van der Waals surface area contributed by atoms with Crippen LogP contribution in [0.25, 0.3) is 0 Å². The van der Waals surface area contributed by atoms with Crippen LogP contribution in [0, 0.1) is 0 Å². The third kappa shape index (κ3) is 5.77. The molecule has 1 aromatic rings. The van der Waals surface area contributed by atoms with Gasteiger partial charge in [-0.3, -0.25) is 9.69 Å². The summed E-state index contributed by atoms with van der Waals surface area (Å²) < 4.78 is 0. The Morgan fingerprint density at radius 1 is 1.40 bits per heavy atom. The molecule has 114 valence electrons. The van der Waals surface area contributed by atoms with Gasteiger partial charge in [0, 0.05) is 30.6 Å². The maximum atomic E-state index is 11.8. The van der Waals surface area contributed by atoms with Crippen molar-refractivity contribution in [1.82, 2.24) is 15.2 Å². The highest BCUT2D eigenvalue weighted by atomic mass is 35.5. The van der Waals surface area contributed by atoms with Crippen molar-refractivity contribution in [2.45, 2.75) is 52.1 Å². The quantitative estimate of drug-likeness (QED) is 0.750. The fraction of sp³-hybridized carbons (Fsp3) is 0.714. The maximum Gasteiger partial charge on any atom is 0.226 e. The second-order valence-corrected chi connectivity index (χ2v) is 6.53. The smallest absolute Gasteiger partial charge is 0.226 e. The molecule has 1 rings (SSSR count). The zero-order valence-corrected chi connectivity index (χ0v) is 14.2. The van der Waals surface area contributed by atoms with E-state index >= 15 is 0 Å². The van der Waals surface area contributed by atoms with Crippen molar-refractivity contribution in [1.29, 1.82) is 0 Å². The number of alkyl halides is 1. The summed E-state index contributed by atoms with van der Waals surface area (Å²) in [5, 5.41) is 5.67. The Morgan fingerprint density at radius 3 is 2.55 bits per heavy atom. The van der Waals surface area contributed by atoms with E-state index in [9.17, 15) is 4.79 Å². The van der Waals surface area contributed by atoms with Gasteiger partial charge in [0.15, 0.2) is 0 Å². The van der Waals surface area contributed by atoms with Gasteiger partial charge in [0.2, 0.25) is 5.91 Å². The molecular weight excluding hydrogens is 294 g/mol. The number of hydrogen-bond donors (Lipinski definition) is 1. The first-order chi connectivity index (χ1) is 9.43. The van der Waals surface area contributed by atoms with Gasteiger partial charge in [-0.15, -0.1) is 22.9 Å². The molecule has 0 saturated carbocycles. The zero-order valence-electron chi connectivity index (χ0n) is 12.6. The van der Waals surface area contributed by atoms with Gasteiger partial charge in [0.1, 0.15) is 5.01 Å². The average molecular weight is 318 g/mol. The molecular formula is C14H24ClN3OS. The minimum atomic E-state index is 0.0212. The van der Waals surface area contributed by atoms with Crippen molar-refractivity contribution in [2.24, 2.45) is 0 Å². The molecule has 1 amide bonds. The molecule has 20 heavy (non-hydrogen) atoms. The first kappa shape index (κ1) is 17.4. The summed E-state index contributed by atoms with van der Waals surface area (Å²) in [6, 6.07) is 0.967. The predicted octanol–water partition coefficient (Wildman–Crippen LogP) is 2.66. The van der Waals surface area contributed by atoms with Crippen molar-refractivity contribution in [3.63, 3.8) is 0 Å². The molecule has 1 heterocycles. The largest absolute Gasteiger partial charge is 0.354 e. The van der Waals surface area contributed by atoms with Crippen molar-refractivity contribution < 1.29 is 4.79 Å². The summed E-state index contributed by atoms with van der Waals surface area (Å²) >= 11 is 7.18. The van der Waals surface area contributed by atoms with Crippen LogP contribution in [0.2, 0.25) is 0 Å². The lowest BCUT2D eigenvalue weighted by molar-refractivity contribution is -0.120. The van der Waals surface area contributed by atoms with Gasteiger partial charge >= 0.3 is 0 Å². The third-order valence-electron chi connectivity index (χ3n) is 3.07. The lowest BCUT2D eigenvalue weighted by Gasteiger charge is -2.30. The number of amides is 1. The number of rotatable bonds is 8. The zero-order chi connectivity index (χ0) is 15.1. The molecule has 0 aliphatic rings. The van der Waals surface area contributed by atoms with Crippen LogP contribution in [0.3, 0.4) is 0 Å². The van der Waals surface area contributed by atoms with Crippen molar-refractivity contribution in [3.05, 3.63) is 16.1 Å². The minimum absolute atomic E-state index is 0.0212. The molecule has 1 N–H and O–H groups in total. The van der Waals surface area contributed by atoms with Crippen LogP contribution in [0.15, 0.2) is 5.38 Å². The molecule has 0 fully saturated rings. The minimum Gasteiger partial charge on any atom is -0.354 e. The molecule has 0 unspecified atom stereocenters. The molecule has 0 atom stereocenters. The van der Waals surface area contributed by atoms with E-state index in [1.807, 2.05) is 5.38 Å². The summed E-state index contributed by atoms with van der Waals surface area (Å²) in [5.74, 6) is 0.420. The standard InChI is InChI=1S/C14H24ClN3OS/c1-10(2)18(11(3)4)6-5-16-13(19)7-14-17-12(8-15)9-20-14/h9-11H,5-8H2,1-4H3,(H,16,19). The van der Waals surface area contributed by atoms with Crippen LogP contribution >= 0.6 is 22.9 Å². The molecule has 4 nitrogen and oxygen atoms in total. The van der Waals surface area contributed by atoms with Crippen LogP contribution in [0.4, 0.5) is 0 Å². The highest BCUT2D eigenvalue weighted by molar-refractivity contribution is 7.09. The van der Waals surface area contributed by atoms with Crippen molar-refractivity contribution in [2.75, 3.05) is 13.1 Å². The Labute approximate surface area is 130 Å². The fourth-order valence-corrected chi connectivity index (χ4v) is 3.15. The van der Waals surface area contributed by atoms with E-state index in [1.165, 1.54) is 11.3 Å². The monoisotopic (exact) mass is 317 g/mol. The first-order valence-corrected chi connectivity index (χ1v) is 8.37. The van der Waals surface area contributed by atoms with E-state index in [-0.39, 0.29) is 5.91 Å². The predicted molar refractivity (Wildman–Crippen MR) is 85.4 cm³/mol. The van der Waals surface area contributed by atoms with E-state index in [0.29, 0.717) is 30.9 Å². The number of halogens is 1. The molecule has 0 aromatic carbocycles. The van der Waals surface area contributed by atoms with Crippen molar-refractivity contribution in [3.8, 4) is 0 Å². The second-order valence-electron chi connectivity index (χ2n) is 5.32. The van der Waals surface area contributed by atoms with Gasteiger partial charge < -0.3 is 5.32 Å². The highest BCUT2D eigenvalue weighted by Gasteiger charge is 2.13. The third-order valence-corrected chi connectivity index (χ3v) is 4.24. The molecule has 0 bridgehead atoms. The SMILES string of the molecule is CC(C)N(CCNC(=O)Cc1nc(CCl)cs1)C(C)C. The van der Waals surface area contributed by atoms with Crippen LogP contribution in [0.1, 0.15) is 38.4 Å². The summed E-state index contributed by atoms with van der Waals surface area (Å²) in [7, 11) is 0. The molecule has 0 radical (unpaired) electrons. The van der Waals surface area contributed by atoms with E-state index in [2.05, 4.69) is 42.9 Å². The molecule has 0 aliphatic carbocycles. The van der Waals surface area contributed by atoms with E-state index in [1.54, 1.807) is 0 Å². The molecule has 6 heteroatoms. The average Bonchev–Trinajstić information content (AvgIpc) is 2.81. The molecule has 0 spiro atoms. The maximum absolute atomic E-state index is 11.8. The van der Waals surface area contributed by atoms with E-state index in [0.717, 1.165) is 17.2 Å². The number of aromatic nitrogens is 1. The van der Waals surface area contributed by atoms with Gasteiger partial charge in [0.25, 0.3) is 0 Å². The van der Waals surface area contributed by atoms with Crippen LogP contribution in [0.5, 0.6) is 0 Å². The number of carbonyl (C=O) groups excluding carboxylic acids is 1. The molecule has 0 aliphatic heterocycles. The van der Waals surface area contributed by atoms with Crippen molar-refractivity contribution >= 4 is 28.8 Å². The van der Waals surface area contributed by atoms with Gasteiger partial charge in [-0.1, -0.05) is 0 Å². The Kier molecular flexibility index (Phi) is 7.48. The van der Waals surface area contributed by atoms with Gasteiger partial charge in [-0.05, 0) is 27.7 Å². The summed E-state index contributed by atoms with van der Waals surface area (Å²) in [5.41, 5.74) is 0.838. The summed E-state index contributed by atoms with van der Waals surface area (Å²) in [4.78, 5) is 18.5. The topological polar surface area (TPSA) is 45.2 Å². The van der Waals surface area contributed by atoms with E-state index < -0.39 is 0 Å². The first-order valence-electron chi connectivity index (χ1n) is 6.95. The highest BCUT2D eigenvalue weighted by Crippen LogP contribution is 2.12. The molecule has 0 saturated heterocycles. The Hall–Kier alpha value is -0.650.